The summed E-state index contributed by atoms with van der Waals surface area (Å²) < 4.78 is 5.31. The smallest absolute Gasteiger partial charge is 0.163 e. The van der Waals surface area contributed by atoms with Gasteiger partial charge < -0.3 is 4.74 Å². The highest BCUT2D eigenvalue weighted by molar-refractivity contribution is 7.10. The maximum atomic E-state index is 11.9. The molecule has 1 aliphatic rings. The van der Waals surface area contributed by atoms with E-state index in [1.807, 2.05) is 18.4 Å². The van der Waals surface area contributed by atoms with Crippen LogP contribution in [0.3, 0.4) is 0 Å². The summed E-state index contributed by atoms with van der Waals surface area (Å²) in [4.78, 5) is 15.5. The molecule has 0 saturated carbocycles. The molecule has 18 heavy (non-hydrogen) atoms. The van der Waals surface area contributed by atoms with Crippen LogP contribution in [0.4, 0.5) is 0 Å². The van der Waals surface area contributed by atoms with E-state index in [0.717, 1.165) is 51.3 Å². The van der Waals surface area contributed by atoms with Crippen molar-refractivity contribution < 1.29 is 9.53 Å². The van der Waals surface area contributed by atoms with Crippen molar-refractivity contribution in [3.05, 3.63) is 21.9 Å². The Morgan fingerprint density at radius 3 is 2.83 bits per heavy atom. The van der Waals surface area contributed by atoms with Crippen LogP contribution in [0.15, 0.2) is 11.4 Å². The molecule has 1 fully saturated rings. The Labute approximate surface area is 113 Å². The van der Waals surface area contributed by atoms with Crippen LogP contribution in [0.5, 0.6) is 0 Å². The van der Waals surface area contributed by atoms with Crippen molar-refractivity contribution >= 4 is 17.1 Å². The van der Waals surface area contributed by atoms with Crippen LogP contribution in [0.1, 0.15) is 34.5 Å². The van der Waals surface area contributed by atoms with Crippen molar-refractivity contribution in [2.24, 2.45) is 0 Å². The Morgan fingerprint density at radius 2 is 2.17 bits per heavy atom. The molecule has 0 aromatic carbocycles. The molecular formula is C14H21NO2S. The molecule has 0 spiro atoms. The minimum absolute atomic E-state index is 0.293. The number of thiophene rings is 1. The third-order valence-electron chi connectivity index (χ3n) is 3.28. The van der Waals surface area contributed by atoms with Gasteiger partial charge >= 0.3 is 0 Å². The summed E-state index contributed by atoms with van der Waals surface area (Å²) >= 11 is 1.65. The number of aryl methyl sites for hydroxylation is 1. The fourth-order valence-corrected chi connectivity index (χ4v) is 2.89. The first-order chi connectivity index (χ1) is 8.75. The summed E-state index contributed by atoms with van der Waals surface area (Å²) in [5, 5.41) is 1.97. The fraction of sp³-hybridized carbons (Fsp3) is 0.643. The number of carbonyl (C=O) groups excluding carboxylic acids is 1. The molecule has 1 aliphatic heterocycles. The van der Waals surface area contributed by atoms with Crippen LogP contribution in [-0.4, -0.2) is 43.5 Å². The van der Waals surface area contributed by atoms with Crippen LogP contribution in [0.2, 0.25) is 0 Å². The Hall–Kier alpha value is -0.710. The maximum Gasteiger partial charge on any atom is 0.163 e. The second-order valence-electron chi connectivity index (χ2n) is 4.78. The second kappa shape index (κ2) is 7.02. The number of ketones is 1. The number of unbranched alkanes of at least 4 members (excludes halogenated alkanes) is 1. The lowest BCUT2D eigenvalue weighted by Crippen LogP contribution is -2.36. The fourth-order valence-electron chi connectivity index (χ4n) is 2.18. The average Bonchev–Trinajstić information content (AvgIpc) is 2.82. The molecule has 0 radical (unpaired) electrons. The highest BCUT2D eigenvalue weighted by atomic mass is 32.1. The monoisotopic (exact) mass is 267 g/mol. The molecule has 0 atom stereocenters. The van der Waals surface area contributed by atoms with E-state index >= 15 is 0 Å². The standard InChI is InChI=1S/C14H21NO2S/c1-12-10-13(11-18-12)14(16)4-2-3-5-15-6-8-17-9-7-15/h10-11H,2-9H2,1H3. The number of Topliss-reactive ketones (excluding diaryl/α,β-unsaturated/α-hetero) is 1. The molecule has 0 unspecified atom stereocenters. The van der Waals surface area contributed by atoms with Gasteiger partial charge in [-0.05, 0) is 32.4 Å². The van der Waals surface area contributed by atoms with E-state index < -0.39 is 0 Å². The molecular weight excluding hydrogens is 246 g/mol. The number of morpholine rings is 1. The predicted molar refractivity (Wildman–Crippen MR) is 74.5 cm³/mol. The highest BCUT2D eigenvalue weighted by Gasteiger charge is 2.11. The van der Waals surface area contributed by atoms with Crippen LogP contribution in [0.25, 0.3) is 0 Å². The lowest BCUT2D eigenvalue weighted by atomic mass is 10.1. The number of hydrogen-bond acceptors (Lipinski definition) is 4. The second-order valence-corrected chi connectivity index (χ2v) is 5.90. The van der Waals surface area contributed by atoms with Gasteiger partial charge in [0.05, 0.1) is 13.2 Å². The van der Waals surface area contributed by atoms with Gasteiger partial charge in [0.15, 0.2) is 5.78 Å². The minimum Gasteiger partial charge on any atom is -0.379 e. The van der Waals surface area contributed by atoms with Gasteiger partial charge in [-0.2, -0.15) is 0 Å². The number of nitrogens with zero attached hydrogens (tertiary/aromatic N) is 1. The number of rotatable bonds is 6. The summed E-state index contributed by atoms with van der Waals surface area (Å²) in [5.74, 6) is 0.293. The van der Waals surface area contributed by atoms with Crippen molar-refractivity contribution in [2.45, 2.75) is 26.2 Å². The third kappa shape index (κ3) is 4.19. The van der Waals surface area contributed by atoms with Crippen molar-refractivity contribution in [3.63, 3.8) is 0 Å². The van der Waals surface area contributed by atoms with Gasteiger partial charge in [-0.1, -0.05) is 0 Å². The largest absolute Gasteiger partial charge is 0.379 e. The van der Waals surface area contributed by atoms with E-state index in [0.29, 0.717) is 12.2 Å². The van der Waals surface area contributed by atoms with Crippen LogP contribution < -0.4 is 0 Å². The molecule has 1 saturated heterocycles. The Morgan fingerprint density at radius 1 is 1.39 bits per heavy atom. The number of carbonyl (C=O) groups is 1. The summed E-state index contributed by atoms with van der Waals surface area (Å²) in [7, 11) is 0. The van der Waals surface area contributed by atoms with Gasteiger partial charge in [-0.25, -0.2) is 0 Å². The summed E-state index contributed by atoms with van der Waals surface area (Å²) in [5.41, 5.74) is 0.892. The number of ether oxygens (including phenoxy) is 1. The molecule has 0 aliphatic carbocycles. The molecule has 2 heterocycles. The quantitative estimate of drug-likeness (QED) is 0.586. The lowest BCUT2D eigenvalue weighted by molar-refractivity contribution is 0.0371. The first kappa shape index (κ1) is 13.7. The van der Waals surface area contributed by atoms with E-state index in [1.165, 1.54) is 4.88 Å². The molecule has 0 bridgehead atoms. The van der Waals surface area contributed by atoms with Crippen LogP contribution >= 0.6 is 11.3 Å². The van der Waals surface area contributed by atoms with Gasteiger partial charge in [0.1, 0.15) is 0 Å². The normalized spacial score (nSPS) is 16.9. The Bertz CT molecular complexity index is 383. The summed E-state index contributed by atoms with van der Waals surface area (Å²) in [6.07, 6.45) is 2.78. The third-order valence-corrected chi connectivity index (χ3v) is 4.15. The Kier molecular flexibility index (Phi) is 5.35. The van der Waals surface area contributed by atoms with Crippen molar-refractivity contribution in [3.8, 4) is 0 Å². The zero-order chi connectivity index (χ0) is 12.8. The van der Waals surface area contributed by atoms with Crippen LogP contribution in [-0.2, 0) is 4.74 Å². The lowest BCUT2D eigenvalue weighted by Gasteiger charge is -2.26. The molecule has 3 nitrogen and oxygen atoms in total. The average molecular weight is 267 g/mol. The molecule has 1 aromatic heterocycles. The summed E-state index contributed by atoms with van der Waals surface area (Å²) in [6.45, 7) is 6.93. The predicted octanol–water partition coefficient (Wildman–Crippen LogP) is 2.74. The van der Waals surface area contributed by atoms with E-state index in [1.54, 1.807) is 11.3 Å². The molecule has 0 amide bonds. The van der Waals surface area contributed by atoms with E-state index in [4.69, 9.17) is 4.74 Å². The van der Waals surface area contributed by atoms with Gasteiger partial charge in [0.25, 0.3) is 0 Å². The van der Waals surface area contributed by atoms with E-state index in [9.17, 15) is 4.79 Å². The molecule has 1 aromatic rings. The van der Waals surface area contributed by atoms with Gasteiger partial charge in [-0.15, -0.1) is 11.3 Å². The molecule has 4 heteroatoms. The highest BCUT2D eigenvalue weighted by Crippen LogP contribution is 2.16. The SMILES string of the molecule is Cc1cc(C(=O)CCCCN2CCOCC2)cs1. The molecule has 100 valence electrons. The molecule has 2 rings (SSSR count). The number of hydrogen-bond donors (Lipinski definition) is 0. The summed E-state index contributed by atoms with van der Waals surface area (Å²) in [6, 6.07) is 2.00. The van der Waals surface area contributed by atoms with Gasteiger partial charge in [0, 0.05) is 35.3 Å². The zero-order valence-corrected chi connectivity index (χ0v) is 11.8. The maximum absolute atomic E-state index is 11.9. The van der Waals surface area contributed by atoms with Gasteiger partial charge in [-0.3, -0.25) is 9.69 Å². The first-order valence-electron chi connectivity index (χ1n) is 6.64. The van der Waals surface area contributed by atoms with Crippen LogP contribution in [0, 0.1) is 6.92 Å². The topological polar surface area (TPSA) is 29.5 Å². The van der Waals surface area contributed by atoms with Crippen molar-refractivity contribution in [2.75, 3.05) is 32.8 Å². The van der Waals surface area contributed by atoms with E-state index in [2.05, 4.69) is 4.90 Å². The molecule has 0 N–H and O–H groups in total. The van der Waals surface area contributed by atoms with Gasteiger partial charge in [0.2, 0.25) is 0 Å². The zero-order valence-electron chi connectivity index (χ0n) is 11.0. The Balaban J connectivity index is 1.61. The van der Waals surface area contributed by atoms with Crippen molar-refractivity contribution in [1.82, 2.24) is 4.90 Å². The van der Waals surface area contributed by atoms with Crippen molar-refractivity contribution in [1.29, 1.82) is 0 Å². The minimum atomic E-state index is 0.293. The first-order valence-corrected chi connectivity index (χ1v) is 7.52. The van der Waals surface area contributed by atoms with E-state index in [-0.39, 0.29) is 0 Å².